The first-order valence-corrected chi connectivity index (χ1v) is 30.3. The first-order chi connectivity index (χ1) is 37.1. The average Bonchev–Trinajstić information content (AvgIpc) is 3.40. The van der Waals surface area contributed by atoms with Crippen LogP contribution in [0.1, 0.15) is 194 Å². The minimum absolute atomic E-state index is 0.00727. The van der Waals surface area contributed by atoms with Gasteiger partial charge in [-0.3, -0.25) is 9.35 Å². The zero-order valence-electron chi connectivity index (χ0n) is 46.8. The number of allylic oxidation sites excluding steroid dienone is 22. The predicted octanol–water partition coefficient (Wildman–Crippen LogP) is 14.6. The standard InChI is InChI=1S/C63H102O12S/c1-3-5-7-9-11-13-15-17-19-21-23-25-27-28-29-31-33-35-37-39-41-43-45-47-49-51-53-71-55-57(56-72-63-61(67)62(75-76(68,69)70)60(66)58(54-64)74-63)73-59(65)52-50-48-46-44-42-40-38-36-34-32-30-26-24-22-20-18-16-14-12-10-8-6-4-2/h5-8,11-14,17-20,23-26,28-29,33,35,39,41,57-58,60-64,66-67H,3-4,9-10,15-16,21-22,27,30-32,34,36-38,40,42-56H2,1-2H3,(H,68,69,70)/b7-5-,8-6-,13-11-,14-12-,19-17-,20-18-,25-23-,26-24-,29-28-,35-33-,41-39-. The molecule has 4 N–H and O–H groups in total. The number of carbonyl (C=O) groups excluding carboxylic acids is 1. The number of rotatable bonds is 49. The molecule has 1 aliphatic heterocycles. The van der Waals surface area contributed by atoms with Crippen molar-refractivity contribution in [2.45, 2.75) is 230 Å². The highest BCUT2D eigenvalue weighted by Crippen LogP contribution is 2.26. The van der Waals surface area contributed by atoms with Crippen molar-refractivity contribution in [1.82, 2.24) is 0 Å². The normalized spacial score (nSPS) is 19.6. The minimum Gasteiger partial charge on any atom is -0.457 e. The molecular weight excluding hydrogens is 981 g/mol. The van der Waals surface area contributed by atoms with Crippen LogP contribution in [0.25, 0.3) is 0 Å². The molecular formula is C63H102O12S. The summed E-state index contributed by atoms with van der Waals surface area (Å²) in [5.41, 5.74) is 0. The molecule has 0 aromatic heterocycles. The Morgan fingerprint density at radius 3 is 1.26 bits per heavy atom. The van der Waals surface area contributed by atoms with Crippen molar-refractivity contribution in [2.75, 3.05) is 26.4 Å². The summed E-state index contributed by atoms with van der Waals surface area (Å²) in [6.07, 6.45) is 67.6. The van der Waals surface area contributed by atoms with Gasteiger partial charge in [0, 0.05) is 13.0 Å². The van der Waals surface area contributed by atoms with Crippen LogP contribution in [0.5, 0.6) is 0 Å². The van der Waals surface area contributed by atoms with E-state index < -0.39 is 59.8 Å². The van der Waals surface area contributed by atoms with Gasteiger partial charge in [0.25, 0.3) is 0 Å². The van der Waals surface area contributed by atoms with Crippen LogP contribution >= 0.6 is 0 Å². The lowest BCUT2D eigenvalue weighted by Crippen LogP contribution is -2.60. The summed E-state index contributed by atoms with van der Waals surface area (Å²) >= 11 is 0. The van der Waals surface area contributed by atoms with Crippen molar-refractivity contribution >= 4 is 16.4 Å². The number of esters is 1. The van der Waals surface area contributed by atoms with Crippen molar-refractivity contribution < 1.29 is 56.2 Å². The van der Waals surface area contributed by atoms with Crippen LogP contribution in [0.2, 0.25) is 0 Å². The topological polar surface area (TPSA) is 178 Å². The third-order valence-electron chi connectivity index (χ3n) is 12.3. The Hall–Kier alpha value is -3.76. The minimum atomic E-state index is -5.08. The van der Waals surface area contributed by atoms with Crippen molar-refractivity contribution in [2.24, 2.45) is 0 Å². The molecule has 432 valence electrons. The number of ether oxygens (including phenoxy) is 4. The Labute approximate surface area is 461 Å². The first kappa shape index (κ1) is 70.3. The van der Waals surface area contributed by atoms with E-state index in [1.54, 1.807) is 0 Å². The van der Waals surface area contributed by atoms with Crippen LogP contribution in [0.4, 0.5) is 0 Å². The molecule has 0 aromatic carbocycles. The van der Waals surface area contributed by atoms with Gasteiger partial charge in [-0.2, -0.15) is 8.42 Å². The molecule has 0 radical (unpaired) electrons. The number of carbonyl (C=O) groups is 1. The van der Waals surface area contributed by atoms with Gasteiger partial charge in [-0.25, -0.2) is 4.18 Å². The Bertz CT molecular complexity index is 1820. The molecule has 13 heteroatoms. The SMILES string of the molecule is CC/C=C\C/C=C\C/C=C\C/C=C\C/C=C\C/C=C\C/C=C\CCCCCCOCC(COC1OC(CO)C(O)C(OS(=O)(=O)O)C1O)OC(=O)CCCCCCCCCCCC/C=C\C/C=C\C/C=C\C/C=C\CC. The zero-order chi connectivity index (χ0) is 55.3. The predicted molar refractivity (Wildman–Crippen MR) is 312 cm³/mol. The summed E-state index contributed by atoms with van der Waals surface area (Å²) in [4.78, 5) is 13.0. The fourth-order valence-corrected chi connectivity index (χ4v) is 8.51. The molecule has 6 unspecified atom stereocenters. The number of unbranched alkanes of at least 4 members (excludes halogenated alkanes) is 14. The Balaban J connectivity index is 2.35. The van der Waals surface area contributed by atoms with Crippen LogP contribution in [0.15, 0.2) is 134 Å². The monoisotopic (exact) mass is 1080 g/mol. The zero-order valence-corrected chi connectivity index (χ0v) is 47.6. The Morgan fingerprint density at radius 1 is 0.500 bits per heavy atom. The summed E-state index contributed by atoms with van der Waals surface area (Å²) in [6.45, 7) is 3.69. The smallest absolute Gasteiger partial charge is 0.397 e. The van der Waals surface area contributed by atoms with Crippen LogP contribution in [0.3, 0.4) is 0 Å². The summed E-state index contributed by atoms with van der Waals surface area (Å²) in [5.74, 6) is -0.419. The molecule has 0 amide bonds. The lowest BCUT2D eigenvalue weighted by molar-refractivity contribution is -0.301. The molecule has 76 heavy (non-hydrogen) atoms. The largest absolute Gasteiger partial charge is 0.457 e. The maximum absolute atomic E-state index is 13.0. The third kappa shape index (κ3) is 44.2. The third-order valence-corrected chi connectivity index (χ3v) is 12.7. The second-order valence-electron chi connectivity index (χ2n) is 19.1. The summed E-state index contributed by atoms with van der Waals surface area (Å²) in [7, 11) is -5.08. The fraction of sp³-hybridized carbons (Fsp3) is 0.635. The van der Waals surface area contributed by atoms with Crippen molar-refractivity contribution in [3.05, 3.63) is 134 Å². The molecule has 12 nitrogen and oxygen atoms in total. The molecule has 0 aromatic rings. The molecule has 1 fully saturated rings. The molecule has 0 bridgehead atoms. The van der Waals surface area contributed by atoms with E-state index in [0.717, 1.165) is 128 Å². The van der Waals surface area contributed by atoms with Gasteiger partial charge in [0.1, 0.15) is 30.5 Å². The van der Waals surface area contributed by atoms with E-state index in [-0.39, 0.29) is 19.6 Å². The van der Waals surface area contributed by atoms with Crippen LogP contribution in [-0.2, 0) is 38.3 Å². The van der Waals surface area contributed by atoms with Crippen molar-refractivity contribution in [3.8, 4) is 0 Å². The molecule has 1 saturated heterocycles. The molecule has 1 heterocycles. The first-order valence-electron chi connectivity index (χ1n) is 28.9. The molecule has 1 aliphatic rings. The van der Waals surface area contributed by atoms with Crippen molar-refractivity contribution in [1.29, 1.82) is 0 Å². The van der Waals surface area contributed by atoms with E-state index in [4.69, 9.17) is 18.9 Å². The van der Waals surface area contributed by atoms with Gasteiger partial charge in [-0.15, -0.1) is 0 Å². The maximum atomic E-state index is 13.0. The number of hydrogen-bond acceptors (Lipinski definition) is 11. The van der Waals surface area contributed by atoms with Gasteiger partial charge in [-0.1, -0.05) is 212 Å². The van der Waals surface area contributed by atoms with E-state index in [0.29, 0.717) is 13.0 Å². The molecule has 0 saturated carbocycles. The van der Waals surface area contributed by atoms with Gasteiger partial charge in [0.2, 0.25) is 0 Å². The van der Waals surface area contributed by atoms with Crippen LogP contribution in [0, 0.1) is 0 Å². The van der Waals surface area contributed by atoms with Gasteiger partial charge in [0.05, 0.1) is 19.8 Å². The number of aliphatic hydroxyl groups excluding tert-OH is 3. The van der Waals surface area contributed by atoms with Crippen molar-refractivity contribution in [3.63, 3.8) is 0 Å². The van der Waals surface area contributed by atoms with Gasteiger partial charge in [-0.05, 0) is 109 Å². The summed E-state index contributed by atoms with van der Waals surface area (Å²) < 4.78 is 59.4. The van der Waals surface area contributed by atoms with E-state index in [1.165, 1.54) is 38.5 Å². The Kier molecular flexibility index (Phi) is 48.0. The lowest BCUT2D eigenvalue weighted by Gasteiger charge is -2.41. The van der Waals surface area contributed by atoms with Gasteiger partial charge < -0.3 is 34.3 Å². The van der Waals surface area contributed by atoms with Crippen LogP contribution in [-0.4, -0.2) is 97.5 Å². The summed E-state index contributed by atoms with van der Waals surface area (Å²) in [5, 5.41) is 30.9. The van der Waals surface area contributed by atoms with E-state index >= 15 is 0 Å². The average molecular weight is 1080 g/mol. The molecule has 0 aliphatic carbocycles. The second-order valence-corrected chi connectivity index (χ2v) is 20.2. The quantitative estimate of drug-likeness (QED) is 0.0196. The maximum Gasteiger partial charge on any atom is 0.397 e. The van der Waals surface area contributed by atoms with E-state index in [2.05, 4.69) is 152 Å². The van der Waals surface area contributed by atoms with Crippen LogP contribution < -0.4 is 0 Å². The molecule has 6 atom stereocenters. The lowest BCUT2D eigenvalue weighted by atomic mass is 9.99. The second kappa shape index (κ2) is 52.0. The number of hydrogen-bond donors (Lipinski definition) is 4. The van der Waals surface area contributed by atoms with E-state index in [1.807, 2.05) is 0 Å². The molecule has 0 spiro atoms. The highest BCUT2D eigenvalue weighted by molar-refractivity contribution is 7.80. The van der Waals surface area contributed by atoms with Gasteiger partial charge >= 0.3 is 16.4 Å². The summed E-state index contributed by atoms with van der Waals surface area (Å²) in [6, 6.07) is 0. The van der Waals surface area contributed by atoms with Gasteiger partial charge in [0.15, 0.2) is 6.29 Å². The molecule has 1 rings (SSSR count). The fourth-order valence-electron chi connectivity index (χ4n) is 8.00. The highest BCUT2D eigenvalue weighted by Gasteiger charge is 2.48. The highest BCUT2D eigenvalue weighted by atomic mass is 32.3. The Morgan fingerprint density at radius 2 is 0.868 bits per heavy atom. The van der Waals surface area contributed by atoms with E-state index in [9.17, 15) is 33.1 Å². The number of aliphatic hydroxyl groups is 3.